The largest absolute Gasteiger partial charge is 0.288 e. The van der Waals surface area contributed by atoms with Crippen LogP contribution in [0.15, 0.2) is 23.8 Å². The fraction of sp³-hybridized carbons (Fsp3) is 0.692. The molecule has 3 aliphatic carbocycles. The maximum absolute atomic E-state index is 3.80. The molecule has 0 amide bonds. The minimum absolute atomic E-state index is 0.625. The summed E-state index contributed by atoms with van der Waals surface area (Å²) in [5.41, 5.74) is 4.08. The van der Waals surface area contributed by atoms with Crippen LogP contribution in [0.2, 0.25) is 0 Å². The van der Waals surface area contributed by atoms with E-state index in [1.807, 2.05) is 6.08 Å². The second-order valence-corrected chi connectivity index (χ2v) is 5.42. The van der Waals surface area contributed by atoms with Crippen LogP contribution in [0.3, 0.4) is 0 Å². The molecular formula is C13H20N2. The summed E-state index contributed by atoms with van der Waals surface area (Å²) in [6.45, 7) is 12.1. The van der Waals surface area contributed by atoms with Crippen molar-refractivity contribution in [2.24, 2.45) is 5.41 Å². The van der Waals surface area contributed by atoms with Gasteiger partial charge < -0.3 is 0 Å². The summed E-state index contributed by atoms with van der Waals surface area (Å²) in [7, 11) is 0. The molecule has 0 aromatic rings. The standard InChI is InChI=1S/C13H20N2/c1-3-4-14-5-6-15(10-14)9-13-7-12(8-13)11(13)2/h3H,1,4-10H2,2H3. The summed E-state index contributed by atoms with van der Waals surface area (Å²) >= 11 is 0. The second-order valence-electron chi connectivity index (χ2n) is 5.42. The van der Waals surface area contributed by atoms with E-state index in [-0.39, 0.29) is 0 Å². The molecule has 0 radical (unpaired) electrons. The Balaban J connectivity index is 1.54. The van der Waals surface area contributed by atoms with E-state index in [9.17, 15) is 0 Å². The van der Waals surface area contributed by atoms with Gasteiger partial charge in [-0.3, -0.25) is 9.80 Å². The van der Waals surface area contributed by atoms with Crippen LogP contribution in [-0.4, -0.2) is 42.6 Å². The summed E-state index contributed by atoms with van der Waals surface area (Å²) < 4.78 is 0. The van der Waals surface area contributed by atoms with Crippen LogP contribution < -0.4 is 0 Å². The molecule has 0 spiro atoms. The average Bonchev–Trinajstić information content (AvgIpc) is 2.60. The highest BCUT2D eigenvalue weighted by Gasteiger charge is 2.54. The zero-order valence-corrected chi connectivity index (χ0v) is 9.63. The van der Waals surface area contributed by atoms with Crippen molar-refractivity contribution in [3.05, 3.63) is 23.8 Å². The monoisotopic (exact) mass is 204 g/mol. The Morgan fingerprint density at radius 1 is 1.33 bits per heavy atom. The van der Waals surface area contributed by atoms with E-state index in [0.717, 1.165) is 13.2 Å². The minimum Gasteiger partial charge on any atom is -0.288 e. The maximum Gasteiger partial charge on any atom is 0.0510 e. The van der Waals surface area contributed by atoms with Crippen molar-refractivity contribution in [2.75, 3.05) is 32.8 Å². The molecule has 82 valence electrons. The van der Waals surface area contributed by atoms with Crippen molar-refractivity contribution in [2.45, 2.75) is 19.8 Å². The van der Waals surface area contributed by atoms with Crippen LogP contribution in [0.5, 0.6) is 0 Å². The Kier molecular flexibility index (Phi) is 2.05. The average molecular weight is 204 g/mol. The SMILES string of the molecule is C=CCN1CCN(CC23CC(=C2C)C3)C1. The highest BCUT2D eigenvalue weighted by molar-refractivity contribution is 5.46. The quantitative estimate of drug-likeness (QED) is 0.645. The van der Waals surface area contributed by atoms with Crippen molar-refractivity contribution < 1.29 is 0 Å². The first-order valence-corrected chi connectivity index (χ1v) is 5.98. The van der Waals surface area contributed by atoms with Gasteiger partial charge in [0.2, 0.25) is 0 Å². The number of hydrogen-bond donors (Lipinski definition) is 0. The third kappa shape index (κ3) is 1.31. The predicted molar refractivity (Wildman–Crippen MR) is 62.6 cm³/mol. The number of nitrogens with zero attached hydrogens (tertiary/aromatic N) is 2. The molecule has 1 aliphatic heterocycles. The zero-order chi connectivity index (χ0) is 10.5. The second kappa shape index (κ2) is 3.19. The molecule has 2 heteroatoms. The fourth-order valence-electron chi connectivity index (χ4n) is 3.28. The third-order valence-corrected chi connectivity index (χ3v) is 4.48. The van der Waals surface area contributed by atoms with Crippen molar-refractivity contribution in [3.63, 3.8) is 0 Å². The molecule has 15 heavy (non-hydrogen) atoms. The molecule has 2 fully saturated rings. The van der Waals surface area contributed by atoms with Crippen molar-refractivity contribution in [1.29, 1.82) is 0 Å². The molecule has 0 aromatic heterocycles. The number of rotatable bonds is 4. The van der Waals surface area contributed by atoms with E-state index in [1.165, 1.54) is 32.5 Å². The van der Waals surface area contributed by atoms with Gasteiger partial charge >= 0.3 is 0 Å². The Hall–Kier alpha value is -0.600. The van der Waals surface area contributed by atoms with E-state index in [1.54, 1.807) is 11.1 Å². The first kappa shape index (κ1) is 9.61. The lowest BCUT2D eigenvalue weighted by Gasteiger charge is -2.59. The molecule has 4 aliphatic rings. The third-order valence-electron chi connectivity index (χ3n) is 4.48. The molecule has 1 saturated heterocycles. The molecule has 0 aromatic carbocycles. The Bertz CT molecular complexity index is 321. The van der Waals surface area contributed by atoms with Crippen LogP contribution in [0.1, 0.15) is 19.8 Å². The fourth-order valence-corrected chi connectivity index (χ4v) is 3.28. The molecule has 2 bridgehead atoms. The van der Waals surface area contributed by atoms with Gasteiger partial charge in [-0.2, -0.15) is 0 Å². The lowest BCUT2D eigenvalue weighted by molar-refractivity contribution is 0.103. The summed E-state index contributed by atoms with van der Waals surface area (Å²) in [5.74, 6) is 0. The predicted octanol–water partition coefficient (Wildman–Crippen LogP) is 1.86. The van der Waals surface area contributed by atoms with Gasteiger partial charge in [0.1, 0.15) is 0 Å². The summed E-state index contributed by atoms with van der Waals surface area (Å²) in [6, 6.07) is 0. The van der Waals surface area contributed by atoms with Gasteiger partial charge in [-0.05, 0) is 19.8 Å². The first-order valence-electron chi connectivity index (χ1n) is 5.98. The smallest absolute Gasteiger partial charge is 0.0510 e. The van der Waals surface area contributed by atoms with Crippen LogP contribution in [0, 0.1) is 5.41 Å². The normalized spacial score (nSPS) is 28.9. The van der Waals surface area contributed by atoms with Crippen LogP contribution in [0.4, 0.5) is 0 Å². The molecule has 0 N–H and O–H groups in total. The van der Waals surface area contributed by atoms with E-state index in [4.69, 9.17) is 0 Å². The molecule has 0 unspecified atom stereocenters. The van der Waals surface area contributed by atoms with E-state index in [0.29, 0.717) is 5.41 Å². The van der Waals surface area contributed by atoms with Gasteiger partial charge in [-0.25, -0.2) is 0 Å². The Morgan fingerprint density at radius 2 is 2.07 bits per heavy atom. The minimum atomic E-state index is 0.625. The summed E-state index contributed by atoms with van der Waals surface area (Å²) in [6.07, 6.45) is 4.81. The molecule has 0 atom stereocenters. The molecule has 1 heterocycles. The van der Waals surface area contributed by atoms with Crippen LogP contribution in [-0.2, 0) is 0 Å². The Labute approximate surface area is 92.2 Å². The van der Waals surface area contributed by atoms with Crippen LogP contribution >= 0.6 is 0 Å². The van der Waals surface area contributed by atoms with E-state index < -0.39 is 0 Å². The maximum atomic E-state index is 3.80. The van der Waals surface area contributed by atoms with Gasteiger partial charge in [0.15, 0.2) is 0 Å². The lowest BCUT2D eigenvalue weighted by Crippen LogP contribution is -2.52. The molecule has 1 saturated carbocycles. The zero-order valence-electron chi connectivity index (χ0n) is 9.63. The molecular weight excluding hydrogens is 184 g/mol. The molecule has 4 rings (SSSR count). The van der Waals surface area contributed by atoms with Gasteiger partial charge in [0.25, 0.3) is 0 Å². The number of hydrogen-bond acceptors (Lipinski definition) is 2. The van der Waals surface area contributed by atoms with Crippen LogP contribution in [0.25, 0.3) is 0 Å². The van der Waals surface area contributed by atoms with Gasteiger partial charge in [0, 0.05) is 31.6 Å². The molecule has 2 nitrogen and oxygen atoms in total. The highest BCUT2D eigenvalue weighted by Crippen LogP contribution is 2.63. The van der Waals surface area contributed by atoms with Gasteiger partial charge in [-0.1, -0.05) is 17.2 Å². The first-order chi connectivity index (χ1) is 7.23. The lowest BCUT2D eigenvalue weighted by atomic mass is 9.48. The Morgan fingerprint density at radius 3 is 2.60 bits per heavy atom. The van der Waals surface area contributed by atoms with E-state index in [2.05, 4.69) is 23.3 Å². The van der Waals surface area contributed by atoms with Gasteiger partial charge in [0.05, 0.1) is 6.67 Å². The van der Waals surface area contributed by atoms with Crippen molar-refractivity contribution in [3.8, 4) is 0 Å². The number of allylic oxidation sites excluding steroid dienone is 1. The topological polar surface area (TPSA) is 6.48 Å². The van der Waals surface area contributed by atoms with Crippen molar-refractivity contribution in [1.82, 2.24) is 9.80 Å². The highest BCUT2D eigenvalue weighted by atomic mass is 15.4. The van der Waals surface area contributed by atoms with Gasteiger partial charge in [-0.15, -0.1) is 6.58 Å². The van der Waals surface area contributed by atoms with Crippen molar-refractivity contribution >= 4 is 0 Å². The van der Waals surface area contributed by atoms with E-state index >= 15 is 0 Å². The summed E-state index contributed by atoms with van der Waals surface area (Å²) in [5, 5.41) is 0. The summed E-state index contributed by atoms with van der Waals surface area (Å²) in [4.78, 5) is 5.09.